The molecule has 1 aromatic rings. The van der Waals surface area contributed by atoms with E-state index in [9.17, 15) is 18.3 Å². The van der Waals surface area contributed by atoms with Gasteiger partial charge in [0.25, 0.3) is 0 Å². The quantitative estimate of drug-likeness (QED) is 0.882. The first-order chi connectivity index (χ1) is 8.10. The molecule has 0 aromatic heterocycles. The number of sulfone groups is 1. The van der Waals surface area contributed by atoms with Gasteiger partial charge in [0.2, 0.25) is 0 Å². The molecular weight excluding hydrogens is 254 g/mol. The van der Waals surface area contributed by atoms with Crippen molar-refractivity contribution in [2.24, 2.45) is 0 Å². The van der Waals surface area contributed by atoms with Crippen LogP contribution in [0.5, 0.6) is 0 Å². The minimum Gasteiger partial charge on any atom is -0.480 e. The summed E-state index contributed by atoms with van der Waals surface area (Å²) in [5.74, 6) is -0.986. The Kier molecular flexibility index (Phi) is 3.83. The van der Waals surface area contributed by atoms with Crippen molar-refractivity contribution in [3.8, 4) is 0 Å². The molecule has 0 amide bonds. The molecule has 1 rings (SSSR count). The van der Waals surface area contributed by atoms with E-state index in [2.05, 4.69) is 0 Å². The van der Waals surface area contributed by atoms with Gasteiger partial charge in [0.15, 0.2) is 9.84 Å². The highest BCUT2D eigenvalue weighted by Gasteiger charge is 2.37. The summed E-state index contributed by atoms with van der Waals surface area (Å²) in [6, 6.07) is 5.92. The normalized spacial score (nSPS) is 15.4. The summed E-state index contributed by atoms with van der Waals surface area (Å²) in [5.41, 5.74) is -0.650. The average Bonchev–Trinajstić information content (AvgIpc) is 2.26. The number of hydrogen-bond donors (Lipinski definition) is 1. The van der Waals surface area contributed by atoms with Gasteiger partial charge in [0.05, 0.1) is 4.90 Å². The second-order valence-electron chi connectivity index (χ2n) is 4.57. The van der Waals surface area contributed by atoms with Crippen LogP contribution >= 0.6 is 0 Å². The number of carboxylic acid groups (broad SMARTS) is 1. The maximum absolute atomic E-state index is 11.4. The number of likely N-dealkylation sites (N-methyl/N-ethyl adjacent to an activating group) is 1. The molecule has 0 aliphatic rings. The number of nitrogens with zero attached hydrogens (tertiary/aromatic N) is 1. The Hall–Kier alpha value is -1.40. The van der Waals surface area contributed by atoms with Crippen molar-refractivity contribution in [2.75, 3.05) is 20.4 Å². The van der Waals surface area contributed by atoms with Gasteiger partial charge in [-0.15, -0.1) is 0 Å². The van der Waals surface area contributed by atoms with E-state index in [1.807, 2.05) is 0 Å². The van der Waals surface area contributed by atoms with E-state index >= 15 is 0 Å². The molecule has 18 heavy (non-hydrogen) atoms. The fourth-order valence-corrected chi connectivity index (χ4v) is 2.23. The SMILES string of the molecule is CN(C)C(C)(C(=O)O)c1ccc(S(C)(=O)=O)cc1. The highest BCUT2D eigenvalue weighted by molar-refractivity contribution is 7.90. The third kappa shape index (κ3) is 2.54. The maximum Gasteiger partial charge on any atom is 0.328 e. The molecule has 0 radical (unpaired) electrons. The summed E-state index contributed by atoms with van der Waals surface area (Å²) in [5, 5.41) is 9.33. The monoisotopic (exact) mass is 271 g/mol. The molecule has 0 aliphatic heterocycles. The molecule has 1 N–H and O–H groups in total. The van der Waals surface area contributed by atoms with Crippen LogP contribution in [0.25, 0.3) is 0 Å². The molecule has 0 bridgehead atoms. The van der Waals surface area contributed by atoms with Crippen LogP contribution in [0, 0.1) is 0 Å². The number of aliphatic carboxylic acids is 1. The van der Waals surface area contributed by atoms with Gasteiger partial charge in [-0.2, -0.15) is 0 Å². The summed E-state index contributed by atoms with van der Waals surface area (Å²) < 4.78 is 22.7. The van der Waals surface area contributed by atoms with E-state index in [1.54, 1.807) is 25.9 Å². The van der Waals surface area contributed by atoms with Crippen LogP contribution in [-0.4, -0.2) is 44.7 Å². The minimum absolute atomic E-state index is 0.178. The molecule has 1 aromatic carbocycles. The highest BCUT2D eigenvalue weighted by atomic mass is 32.2. The molecule has 0 aliphatic carbocycles. The summed E-state index contributed by atoms with van der Waals surface area (Å²) in [6.45, 7) is 1.57. The largest absolute Gasteiger partial charge is 0.480 e. The lowest BCUT2D eigenvalue weighted by Gasteiger charge is -2.32. The van der Waals surface area contributed by atoms with E-state index in [1.165, 1.54) is 24.3 Å². The van der Waals surface area contributed by atoms with Crippen LogP contribution in [0.2, 0.25) is 0 Å². The zero-order chi connectivity index (χ0) is 14.1. The maximum atomic E-state index is 11.4. The second-order valence-corrected chi connectivity index (χ2v) is 6.58. The van der Waals surface area contributed by atoms with Crippen molar-refractivity contribution in [1.82, 2.24) is 4.90 Å². The standard InChI is InChI=1S/C12H17NO4S/c1-12(11(14)15,13(2)3)9-5-7-10(8-6-9)18(4,16)17/h5-8H,1-4H3,(H,14,15). The smallest absolute Gasteiger partial charge is 0.328 e. The Bertz CT molecular complexity index is 548. The first-order valence-corrected chi connectivity index (χ1v) is 7.20. The molecule has 1 atom stereocenters. The van der Waals surface area contributed by atoms with E-state index in [0.29, 0.717) is 5.56 Å². The van der Waals surface area contributed by atoms with Gasteiger partial charge >= 0.3 is 5.97 Å². The van der Waals surface area contributed by atoms with Crippen molar-refractivity contribution >= 4 is 15.8 Å². The van der Waals surface area contributed by atoms with Crippen LogP contribution in [0.3, 0.4) is 0 Å². The fourth-order valence-electron chi connectivity index (χ4n) is 1.60. The van der Waals surface area contributed by atoms with Crippen molar-refractivity contribution < 1.29 is 18.3 Å². The van der Waals surface area contributed by atoms with Gasteiger partial charge in [0.1, 0.15) is 5.54 Å². The van der Waals surface area contributed by atoms with Crippen molar-refractivity contribution in [3.63, 3.8) is 0 Å². The van der Waals surface area contributed by atoms with Gasteiger partial charge in [-0.1, -0.05) is 12.1 Å². The Morgan fingerprint density at radius 2 is 1.67 bits per heavy atom. The molecule has 6 heteroatoms. The number of hydrogen-bond acceptors (Lipinski definition) is 4. The number of carboxylic acids is 1. The topological polar surface area (TPSA) is 74.7 Å². The molecule has 0 saturated heterocycles. The van der Waals surface area contributed by atoms with Gasteiger partial charge in [0, 0.05) is 6.26 Å². The minimum atomic E-state index is -3.27. The third-order valence-electron chi connectivity index (χ3n) is 3.16. The molecule has 0 heterocycles. The lowest BCUT2D eigenvalue weighted by Crippen LogP contribution is -2.45. The summed E-state index contributed by atoms with van der Waals surface area (Å²) in [4.78, 5) is 13.1. The number of benzene rings is 1. The zero-order valence-electron chi connectivity index (χ0n) is 10.8. The summed E-state index contributed by atoms with van der Waals surface area (Å²) in [6.07, 6.45) is 1.12. The van der Waals surface area contributed by atoms with Gasteiger partial charge in [-0.25, -0.2) is 13.2 Å². The molecule has 5 nitrogen and oxygen atoms in total. The first kappa shape index (κ1) is 14.7. The summed E-state index contributed by atoms with van der Waals surface area (Å²) in [7, 11) is 0.0639. The van der Waals surface area contributed by atoms with Gasteiger partial charge in [-0.05, 0) is 38.7 Å². The van der Waals surface area contributed by atoms with Crippen LogP contribution in [0.1, 0.15) is 12.5 Å². The summed E-state index contributed by atoms with van der Waals surface area (Å²) >= 11 is 0. The predicted molar refractivity (Wildman–Crippen MR) is 68.2 cm³/mol. The van der Waals surface area contributed by atoms with Crippen molar-refractivity contribution in [1.29, 1.82) is 0 Å². The van der Waals surface area contributed by atoms with E-state index in [-0.39, 0.29) is 4.90 Å². The van der Waals surface area contributed by atoms with Crippen LogP contribution < -0.4 is 0 Å². The average molecular weight is 271 g/mol. The highest BCUT2D eigenvalue weighted by Crippen LogP contribution is 2.27. The first-order valence-electron chi connectivity index (χ1n) is 5.31. The molecule has 0 spiro atoms. The molecule has 0 saturated carbocycles. The van der Waals surface area contributed by atoms with E-state index in [4.69, 9.17) is 0 Å². The third-order valence-corrected chi connectivity index (χ3v) is 4.28. The Labute approximate surface area is 107 Å². The Balaban J connectivity index is 3.31. The molecule has 0 fully saturated rings. The molecular formula is C12H17NO4S. The van der Waals surface area contributed by atoms with Gasteiger partial charge in [-0.3, -0.25) is 4.90 Å². The lowest BCUT2D eigenvalue weighted by atomic mass is 9.91. The second kappa shape index (κ2) is 4.70. The zero-order valence-corrected chi connectivity index (χ0v) is 11.7. The number of carbonyl (C=O) groups is 1. The Morgan fingerprint density at radius 1 is 1.22 bits per heavy atom. The van der Waals surface area contributed by atoms with Gasteiger partial charge < -0.3 is 5.11 Å². The van der Waals surface area contributed by atoms with E-state index in [0.717, 1.165) is 6.26 Å². The van der Waals surface area contributed by atoms with Crippen LogP contribution in [-0.2, 0) is 20.2 Å². The lowest BCUT2D eigenvalue weighted by molar-refractivity contribution is -0.149. The molecule has 1 unspecified atom stereocenters. The van der Waals surface area contributed by atoms with E-state index < -0.39 is 21.3 Å². The van der Waals surface area contributed by atoms with Crippen molar-refractivity contribution in [2.45, 2.75) is 17.4 Å². The van der Waals surface area contributed by atoms with Crippen LogP contribution in [0.4, 0.5) is 0 Å². The van der Waals surface area contributed by atoms with Crippen LogP contribution in [0.15, 0.2) is 29.2 Å². The predicted octanol–water partition coefficient (Wildman–Crippen LogP) is 0.952. The van der Waals surface area contributed by atoms with Crippen molar-refractivity contribution in [3.05, 3.63) is 29.8 Å². The Morgan fingerprint density at radius 3 is 1.94 bits per heavy atom. The fraction of sp³-hybridized carbons (Fsp3) is 0.417. The molecule has 100 valence electrons. The number of rotatable bonds is 4.